The normalized spacial score (nSPS) is 12.2. The first-order valence-electron chi connectivity index (χ1n) is 11.0. The first-order valence-corrected chi connectivity index (χ1v) is 11.0. The van der Waals surface area contributed by atoms with Crippen LogP contribution in [0.2, 0.25) is 0 Å². The van der Waals surface area contributed by atoms with Gasteiger partial charge in [-0.1, -0.05) is 42.5 Å². The number of hydrogen-bond donors (Lipinski definition) is 2. The van der Waals surface area contributed by atoms with Crippen molar-refractivity contribution in [1.29, 1.82) is 0 Å². The number of nitrogens with one attached hydrogen (secondary N) is 2. The van der Waals surface area contributed by atoms with Crippen molar-refractivity contribution in [2.45, 2.75) is 26.3 Å². The van der Waals surface area contributed by atoms with Crippen LogP contribution in [-0.4, -0.2) is 25.8 Å². The molecule has 0 bridgehead atoms. The highest BCUT2D eigenvalue weighted by atomic mass is 16.5. The van der Waals surface area contributed by atoms with Crippen LogP contribution in [0.25, 0.3) is 0 Å². The Morgan fingerprint density at radius 3 is 2.16 bits per heavy atom. The zero-order valence-corrected chi connectivity index (χ0v) is 18.4. The molecule has 2 amide bonds. The summed E-state index contributed by atoms with van der Waals surface area (Å²) in [5, 5.41) is 6.07. The SMILES string of the molecule is CCOc1ccc(CCNC(=O)NC2c3ccccc3Oc3ccccc32)cc1OCC. The predicted molar refractivity (Wildman–Crippen MR) is 124 cm³/mol. The Morgan fingerprint density at radius 2 is 1.50 bits per heavy atom. The molecule has 0 saturated carbocycles. The number of fused-ring (bicyclic) bond motifs is 2. The standard InChI is InChI=1S/C26H28N2O4/c1-3-30-23-14-13-18(17-24(23)31-4-2)15-16-27-26(29)28-25-19-9-5-7-11-21(19)32-22-12-8-6-10-20(22)25/h5-14,17,25H,3-4,15-16H2,1-2H3,(H2,27,28,29). The molecule has 1 aliphatic rings. The quantitative estimate of drug-likeness (QED) is 0.512. The van der Waals surface area contributed by atoms with Gasteiger partial charge in [-0.3, -0.25) is 0 Å². The maximum Gasteiger partial charge on any atom is 0.315 e. The number of carbonyl (C=O) groups is 1. The maximum atomic E-state index is 12.7. The largest absolute Gasteiger partial charge is 0.490 e. The fourth-order valence-electron chi connectivity index (χ4n) is 3.82. The monoisotopic (exact) mass is 432 g/mol. The van der Waals surface area contributed by atoms with Gasteiger partial charge < -0.3 is 24.8 Å². The summed E-state index contributed by atoms with van der Waals surface area (Å²) >= 11 is 0. The fraction of sp³-hybridized carbons (Fsp3) is 0.269. The average Bonchev–Trinajstić information content (AvgIpc) is 2.81. The topological polar surface area (TPSA) is 68.8 Å². The number of amides is 2. The van der Waals surface area contributed by atoms with Crippen LogP contribution in [0.4, 0.5) is 4.79 Å². The molecule has 0 aliphatic carbocycles. The second kappa shape index (κ2) is 10.1. The molecule has 6 nitrogen and oxygen atoms in total. The second-order valence-electron chi connectivity index (χ2n) is 7.41. The van der Waals surface area contributed by atoms with Crippen LogP contribution in [0.5, 0.6) is 23.0 Å². The molecule has 166 valence electrons. The Hall–Kier alpha value is -3.67. The summed E-state index contributed by atoms with van der Waals surface area (Å²) in [4.78, 5) is 12.7. The molecule has 0 spiro atoms. The van der Waals surface area contributed by atoms with Crippen LogP contribution >= 0.6 is 0 Å². The molecule has 2 N–H and O–H groups in total. The van der Waals surface area contributed by atoms with E-state index in [1.807, 2.05) is 80.6 Å². The van der Waals surface area contributed by atoms with E-state index in [9.17, 15) is 4.79 Å². The predicted octanol–water partition coefficient (Wildman–Crippen LogP) is 5.22. The van der Waals surface area contributed by atoms with Gasteiger partial charge in [0.2, 0.25) is 0 Å². The van der Waals surface area contributed by atoms with E-state index in [0.29, 0.717) is 26.2 Å². The number of ether oxygens (including phenoxy) is 3. The van der Waals surface area contributed by atoms with Crippen molar-refractivity contribution in [3.63, 3.8) is 0 Å². The van der Waals surface area contributed by atoms with Crippen molar-refractivity contribution in [3.8, 4) is 23.0 Å². The van der Waals surface area contributed by atoms with E-state index in [1.165, 1.54) is 0 Å². The van der Waals surface area contributed by atoms with E-state index < -0.39 is 0 Å². The molecule has 6 heteroatoms. The molecule has 32 heavy (non-hydrogen) atoms. The van der Waals surface area contributed by atoms with Crippen molar-refractivity contribution in [3.05, 3.63) is 83.4 Å². The summed E-state index contributed by atoms with van der Waals surface area (Å²) in [7, 11) is 0. The summed E-state index contributed by atoms with van der Waals surface area (Å²) in [6, 6.07) is 20.9. The highest BCUT2D eigenvalue weighted by Gasteiger charge is 2.27. The Morgan fingerprint density at radius 1 is 0.875 bits per heavy atom. The summed E-state index contributed by atoms with van der Waals surface area (Å²) in [6.45, 7) is 5.54. The minimum absolute atomic E-state index is 0.225. The first-order chi connectivity index (χ1) is 15.7. The molecule has 0 aromatic heterocycles. The molecular weight excluding hydrogens is 404 g/mol. The smallest absolute Gasteiger partial charge is 0.315 e. The average molecular weight is 433 g/mol. The van der Waals surface area contributed by atoms with Gasteiger partial charge in [0.05, 0.1) is 19.3 Å². The Labute approximate surface area is 188 Å². The van der Waals surface area contributed by atoms with Crippen LogP contribution in [0, 0.1) is 0 Å². The lowest BCUT2D eigenvalue weighted by Gasteiger charge is -2.28. The van der Waals surface area contributed by atoms with Gasteiger partial charge >= 0.3 is 6.03 Å². The van der Waals surface area contributed by atoms with Crippen molar-refractivity contribution in [1.82, 2.24) is 10.6 Å². The molecule has 0 radical (unpaired) electrons. The molecular formula is C26H28N2O4. The Kier molecular flexibility index (Phi) is 6.80. The zero-order valence-electron chi connectivity index (χ0n) is 18.4. The highest BCUT2D eigenvalue weighted by Crippen LogP contribution is 2.42. The molecule has 1 heterocycles. The lowest BCUT2D eigenvalue weighted by Crippen LogP contribution is -2.40. The number of urea groups is 1. The van der Waals surface area contributed by atoms with Gasteiger partial charge in [0, 0.05) is 17.7 Å². The fourth-order valence-corrected chi connectivity index (χ4v) is 3.82. The van der Waals surface area contributed by atoms with E-state index >= 15 is 0 Å². The van der Waals surface area contributed by atoms with E-state index in [2.05, 4.69) is 10.6 Å². The number of carbonyl (C=O) groups excluding carboxylic acids is 1. The van der Waals surface area contributed by atoms with Crippen molar-refractivity contribution < 1.29 is 19.0 Å². The molecule has 0 saturated heterocycles. The Bertz CT molecular complexity index is 1040. The van der Waals surface area contributed by atoms with Gasteiger partial charge in [0.15, 0.2) is 11.5 Å². The summed E-state index contributed by atoms with van der Waals surface area (Å²) < 4.78 is 17.3. The summed E-state index contributed by atoms with van der Waals surface area (Å²) in [6.07, 6.45) is 0.681. The maximum absolute atomic E-state index is 12.7. The van der Waals surface area contributed by atoms with Crippen molar-refractivity contribution in [2.24, 2.45) is 0 Å². The molecule has 3 aromatic carbocycles. The number of para-hydroxylation sites is 2. The minimum Gasteiger partial charge on any atom is -0.490 e. The van der Waals surface area contributed by atoms with Crippen LogP contribution < -0.4 is 24.8 Å². The third-order valence-corrected chi connectivity index (χ3v) is 5.26. The molecule has 0 unspecified atom stereocenters. The lowest BCUT2D eigenvalue weighted by atomic mass is 9.95. The van der Waals surface area contributed by atoms with E-state index in [4.69, 9.17) is 14.2 Å². The third kappa shape index (κ3) is 4.80. The van der Waals surface area contributed by atoms with Gasteiger partial charge in [0.25, 0.3) is 0 Å². The van der Waals surface area contributed by atoms with Gasteiger partial charge in [-0.2, -0.15) is 0 Å². The summed E-state index contributed by atoms with van der Waals surface area (Å²) in [5.41, 5.74) is 2.95. The number of hydrogen-bond acceptors (Lipinski definition) is 4. The van der Waals surface area contributed by atoms with Crippen LogP contribution in [-0.2, 0) is 6.42 Å². The van der Waals surface area contributed by atoms with Gasteiger partial charge in [0.1, 0.15) is 11.5 Å². The number of benzene rings is 3. The zero-order chi connectivity index (χ0) is 22.3. The summed E-state index contributed by atoms with van der Waals surface area (Å²) in [5.74, 6) is 2.98. The molecule has 0 atom stereocenters. The highest BCUT2D eigenvalue weighted by molar-refractivity contribution is 5.76. The van der Waals surface area contributed by atoms with Crippen LogP contribution in [0.15, 0.2) is 66.7 Å². The van der Waals surface area contributed by atoms with Crippen molar-refractivity contribution in [2.75, 3.05) is 19.8 Å². The first kappa shape index (κ1) is 21.6. The molecule has 4 rings (SSSR count). The van der Waals surface area contributed by atoms with Gasteiger partial charge in [-0.05, 0) is 50.1 Å². The van der Waals surface area contributed by atoms with Crippen LogP contribution in [0.1, 0.15) is 36.6 Å². The number of rotatable bonds is 8. The van der Waals surface area contributed by atoms with E-state index in [0.717, 1.165) is 39.7 Å². The lowest BCUT2D eigenvalue weighted by molar-refractivity contribution is 0.238. The third-order valence-electron chi connectivity index (χ3n) is 5.26. The van der Waals surface area contributed by atoms with E-state index in [1.54, 1.807) is 0 Å². The molecule has 0 fully saturated rings. The minimum atomic E-state index is -0.272. The van der Waals surface area contributed by atoms with Crippen LogP contribution in [0.3, 0.4) is 0 Å². The van der Waals surface area contributed by atoms with Crippen molar-refractivity contribution >= 4 is 6.03 Å². The van der Waals surface area contributed by atoms with Gasteiger partial charge in [-0.25, -0.2) is 4.79 Å². The molecule has 1 aliphatic heterocycles. The molecule has 3 aromatic rings. The second-order valence-corrected chi connectivity index (χ2v) is 7.41. The van der Waals surface area contributed by atoms with E-state index in [-0.39, 0.29) is 12.1 Å². The Balaban J connectivity index is 1.40. The van der Waals surface area contributed by atoms with Gasteiger partial charge in [-0.15, -0.1) is 0 Å².